The molecule has 114 valence electrons. The van der Waals surface area contributed by atoms with Crippen molar-refractivity contribution in [3.05, 3.63) is 0 Å². The molecule has 0 saturated carbocycles. The first-order valence-electron chi connectivity index (χ1n) is 7.67. The first kappa shape index (κ1) is 18.4. The van der Waals surface area contributed by atoms with Gasteiger partial charge in [0.2, 0.25) is 5.91 Å². The molecule has 0 aromatic carbocycles. The lowest BCUT2D eigenvalue weighted by molar-refractivity contribution is -0.890. The Morgan fingerprint density at radius 3 is 2.32 bits per heavy atom. The van der Waals surface area contributed by atoms with Crippen LogP contribution < -0.4 is 0 Å². The van der Waals surface area contributed by atoms with E-state index in [0.29, 0.717) is 6.42 Å². The van der Waals surface area contributed by atoms with Gasteiger partial charge in [-0.25, -0.2) is 0 Å². The molecule has 4 nitrogen and oxygen atoms in total. The highest BCUT2D eigenvalue weighted by molar-refractivity contribution is 5.76. The average Bonchev–Trinajstić information content (AvgIpc) is 2.35. The van der Waals surface area contributed by atoms with Crippen molar-refractivity contribution in [2.24, 2.45) is 0 Å². The maximum absolute atomic E-state index is 12.1. The molecule has 4 heteroatoms. The summed E-state index contributed by atoms with van der Waals surface area (Å²) in [4.78, 5) is 14.0. The van der Waals surface area contributed by atoms with Gasteiger partial charge in [-0.15, -0.1) is 0 Å². The van der Waals surface area contributed by atoms with Gasteiger partial charge in [-0.3, -0.25) is 4.79 Å². The van der Waals surface area contributed by atoms with Crippen molar-refractivity contribution in [1.29, 1.82) is 0 Å². The fraction of sp³-hybridized carbons (Fsp3) is 0.933. The lowest BCUT2D eigenvalue weighted by Gasteiger charge is -2.32. The van der Waals surface area contributed by atoms with Crippen molar-refractivity contribution in [3.63, 3.8) is 0 Å². The van der Waals surface area contributed by atoms with Gasteiger partial charge >= 0.3 is 0 Å². The van der Waals surface area contributed by atoms with Crippen molar-refractivity contribution >= 4 is 5.91 Å². The summed E-state index contributed by atoms with van der Waals surface area (Å²) >= 11 is 0. The maximum atomic E-state index is 12.1. The third kappa shape index (κ3) is 9.00. The molecule has 0 spiro atoms. The number of nitrogens with zero attached hydrogens (tertiary/aromatic N) is 2. The molecule has 0 bridgehead atoms. The lowest BCUT2D eigenvalue weighted by Crippen LogP contribution is -2.48. The number of carbonyl (C=O) groups excluding carboxylic acids is 1. The Bertz CT molecular complexity index is 242. The van der Waals surface area contributed by atoms with Gasteiger partial charge < -0.3 is 14.5 Å². The van der Waals surface area contributed by atoms with Gasteiger partial charge in [0.25, 0.3) is 0 Å². The zero-order valence-electron chi connectivity index (χ0n) is 13.3. The second kappa shape index (κ2) is 10.2. The Kier molecular flexibility index (Phi) is 9.88. The smallest absolute Gasteiger partial charge is 0.222 e. The highest BCUT2D eigenvalue weighted by Gasteiger charge is 2.18. The fourth-order valence-corrected chi connectivity index (χ4v) is 2.09. The Balaban J connectivity index is 4.01. The summed E-state index contributed by atoms with van der Waals surface area (Å²) in [5.74, 6) is 0.280. The molecule has 19 heavy (non-hydrogen) atoms. The van der Waals surface area contributed by atoms with Crippen LogP contribution >= 0.6 is 0 Å². The Labute approximate surface area is 119 Å². The number of hydrogen-bond acceptors (Lipinski definition) is 2. The summed E-state index contributed by atoms with van der Waals surface area (Å²) in [5.41, 5.74) is 0. The number of carbonyl (C=O) groups is 1. The number of hydrogen-bond donors (Lipinski definition) is 1. The molecule has 0 radical (unpaired) electrons. The summed E-state index contributed by atoms with van der Waals surface area (Å²) in [6.07, 6.45) is 5.28. The molecule has 0 rings (SSSR count). The number of likely N-dealkylation sites (N-methyl/N-ethyl adjacent to an activating group) is 2. The highest BCUT2D eigenvalue weighted by atomic mass is 16.3. The molecule has 1 amide bonds. The van der Waals surface area contributed by atoms with Crippen molar-refractivity contribution in [3.8, 4) is 0 Å². The normalized spacial score (nSPS) is 11.6. The summed E-state index contributed by atoms with van der Waals surface area (Å²) in [7, 11) is 4.19. The average molecular weight is 273 g/mol. The van der Waals surface area contributed by atoms with Crippen molar-refractivity contribution in [2.75, 3.05) is 46.9 Å². The first-order valence-corrected chi connectivity index (χ1v) is 7.67. The lowest BCUT2D eigenvalue weighted by atomic mass is 10.1. The number of rotatable bonds is 11. The van der Waals surface area contributed by atoms with Crippen LogP contribution in [0.4, 0.5) is 0 Å². The Hall–Kier alpha value is -0.610. The topological polar surface area (TPSA) is 40.5 Å². The van der Waals surface area contributed by atoms with Gasteiger partial charge in [-0.2, -0.15) is 0 Å². The molecule has 0 aromatic heterocycles. The number of quaternary nitrogens is 1. The zero-order chi connectivity index (χ0) is 14.7. The molecule has 0 heterocycles. The van der Waals surface area contributed by atoms with Gasteiger partial charge in [0, 0.05) is 13.0 Å². The van der Waals surface area contributed by atoms with E-state index < -0.39 is 0 Å². The van der Waals surface area contributed by atoms with Gasteiger partial charge in [0.15, 0.2) is 0 Å². The van der Waals surface area contributed by atoms with Crippen LogP contribution in [0.3, 0.4) is 0 Å². The van der Waals surface area contributed by atoms with Crippen LogP contribution in [0, 0.1) is 0 Å². The minimum Gasteiger partial charge on any atom is -0.391 e. The Morgan fingerprint density at radius 2 is 1.79 bits per heavy atom. The minimum atomic E-state index is 0.199. The van der Waals surface area contributed by atoms with Crippen molar-refractivity contribution < 1.29 is 14.4 Å². The second-order valence-electron chi connectivity index (χ2n) is 5.89. The molecular formula is C15H33N2O2+. The van der Waals surface area contributed by atoms with Crippen molar-refractivity contribution in [2.45, 2.75) is 46.0 Å². The number of aliphatic hydroxyl groups excluding tert-OH is 1. The third-order valence-corrected chi connectivity index (χ3v) is 3.66. The standard InChI is InChI=1S/C15H33N2O2/c1-5-7-8-9-10-15(19)16(6-2)11-12-17(3,4)13-14-18/h18H,5-14H2,1-4H3/q+1. The first-order chi connectivity index (χ1) is 8.96. The number of amides is 1. The SMILES string of the molecule is CCCCCCC(=O)N(CC)CC[N+](C)(C)CCO. The molecule has 0 aliphatic heterocycles. The van der Waals surface area contributed by atoms with E-state index in [-0.39, 0.29) is 12.5 Å². The van der Waals surface area contributed by atoms with Crippen LogP contribution in [0.1, 0.15) is 46.0 Å². The predicted molar refractivity (Wildman–Crippen MR) is 79.9 cm³/mol. The number of aliphatic hydroxyl groups is 1. The van der Waals surface area contributed by atoms with Crippen LogP contribution in [-0.2, 0) is 4.79 Å². The van der Waals surface area contributed by atoms with E-state index >= 15 is 0 Å². The molecule has 0 fully saturated rings. The molecule has 0 aromatic rings. The maximum Gasteiger partial charge on any atom is 0.222 e. The zero-order valence-corrected chi connectivity index (χ0v) is 13.3. The Morgan fingerprint density at radius 1 is 1.11 bits per heavy atom. The molecule has 1 N–H and O–H groups in total. The van der Waals surface area contributed by atoms with E-state index in [1.54, 1.807) is 0 Å². The predicted octanol–water partition coefficient (Wildman–Crippen LogP) is 1.87. The van der Waals surface area contributed by atoms with Crippen LogP contribution in [0.25, 0.3) is 0 Å². The number of unbranched alkanes of at least 4 members (excludes halogenated alkanes) is 3. The quantitative estimate of drug-likeness (QED) is 0.461. The van der Waals surface area contributed by atoms with Gasteiger partial charge in [-0.05, 0) is 13.3 Å². The van der Waals surface area contributed by atoms with E-state index in [0.717, 1.165) is 43.5 Å². The van der Waals surface area contributed by atoms with Crippen molar-refractivity contribution in [1.82, 2.24) is 4.90 Å². The van der Waals surface area contributed by atoms with Gasteiger partial charge in [0.05, 0.1) is 33.8 Å². The van der Waals surface area contributed by atoms with Crippen LogP contribution in [0.5, 0.6) is 0 Å². The molecule has 0 aliphatic rings. The van der Waals surface area contributed by atoms with E-state index in [9.17, 15) is 4.79 Å². The summed E-state index contributed by atoms with van der Waals surface area (Å²) in [6, 6.07) is 0. The third-order valence-electron chi connectivity index (χ3n) is 3.66. The van der Waals surface area contributed by atoms with E-state index in [1.807, 2.05) is 11.8 Å². The van der Waals surface area contributed by atoms with Crippen LogP contribution in [-0.4, -0.2) is 67.3 Å². The van der Waals surface area contributed by atoms with E-state index in [4.69, 9.17) is 5.11 Å². The monoisotopic (exact) mass is 273 g/mol. The second-order valence-corrected chi connectivity index (χ2v) is 5.89. The molecule has 0 aliphatic carbocycles. The fourth-order valence-electron chi connectivity index (χ4n) is 2.09. The van der Waals surface area contributed by atoms with Gasteiger partial charge in [0.1, 0.15) is 6.54 Å². The molecule has 0 saturated heterocycles. The van der Waals surface area contributed by atoms with Crippen LogP contribution in [0.15, 0.2) is 0 Å². The largest absolute Gasteiger partial charge is 0.391 e. The highest BCUT2D eigenvalue weighted by Crippen LogP contribution is 2.06. The summed E-state index contributed by atoms with van der Waals surface area (Å²) < 4.78 is 0.760. The van der Waals surface area contributed by atoms with E-state index in [1.165, 1.54) is 12.8 Å². The molecular weight excluding hydrogens is 240 g/mol. The van der Waals surface area contributed by atoms with Gasteiger partial charge in [-0.1, -0.05) is 26.2 Å². The van der Waals surface area contributed by atoms with Crippen LogP contribution in [0.2, 0.25) is 0 Å². The summed E-state index contributed by atoms with van der Waals surface area (Å²) in [5, 5.41) is 9.00. The minimum absolute atomic E-state index is 0.199. The van der Waals surface area contributed by atoms with E-state index in [2.05, 4.69) is 21.0 Å². The molecule has 0 atom stereocenters. The summed E-state index contributed by atoms with van der Waals surface area (Å²) in [6.45, 7) is 7.63. The molecule has 0 unspecified atom stereocenters.